The minimum absolute atomic E-state index is 0.0413. The summed E-state index contributed by atoms with van der Waals surface area (Å²) in [7, 11) is 0. The van der Waals surface area contributed by atoms with Crippen molar-refractivity contribution in [3.63, 3.8) is 0 Å². The van der Waals surface area contributed by atoms with Crippen molar-refractivity contribution in [2.24, 2.45) is 0 Å². The summed E-state index contributed by atoms with van der Waals surface area (Å²) < 4.78 is 49.8. The quantitative estimate of drug-likeness (QED) is 0.636. The van der Waals surface area contributed by atoms with Crippen LogP contribution >= 0.6 is 0 Å². The Bertz CT molecular complexity index is 1040. The third-order valence-electron chi connectivity index (χ3n) is 4.70. The molecule has 0 bridgehead atoms. The lowest BCUT2D eigenvalue weighted by Gasteiger charge is -2.31. The first kappa shape index (κ1) is 24.1. The molecular formula is C22H22F3N3O5. The van der Waals surface area contributed by atoms with E-state index in [2.05, 4.69) is 10.6 Å². The van der Waals surface area contributed by atoms with Gasteiger partial charge in [0, 0.05) is 25.7 Å². The fourth-order valence-corrected chi connectivity index (χ4v) is 3.22. The van der Waals surface area contributed by atoms with Crippen LogP contribution in [0.25, 0.3) is 0 Å². The fourth-order valence-electron chi connectivity index (χ4n) is 3.22. The van der Waals surface area contributed by atoms with E-state index in [1.807, 2.05) is 0 Å². The zero-order valence-corrected chi connectivity index (χ0v) is 17.7. The number of hydrogen-bond acceptors (Lipinski definition) is 6. The number of nitrogens with one attached hydrogen (secondary N) is 2. The van der Waals surface area contributed by atoms with Gasteiger partial charge in [-0.1, -0.05) is 6.07 Å². The normalized spacial score (nSPS) is 13.9. The number of rotatable bonds is 6. The second kappa shape index (κ2) is 10.3. The molecular weight excluding hydrogens is 443 g/mol. The highest BCUT2D eigenvalue weighted by Gasteiger charge is 2.32. The summed E-state index contributed by atoms with van der Waals surface area (Å²) >= 11 is 0. The third-order valence-corrected chi connectivity index (χ3v) is 4.70. The summed E-state index contributed by atoms with van der Waals surface area (Å²) in [5, 5.41) is 4.93. The van der Waals surface area contributed by atoms with Crippen LogP contribution in [-0.2, 0) is 25.2 Å². The van der Waals surface area contributed by atoms with Gasteiger partial charge in [-0.25, -0.2) is 4.79 Å². The van der Waals surface area contributed by atoms with Crippen LogP contribution in [0, 0.1) is 0 Å². The molecule has 1 heterocycles. The maximum absolute atomic E-state index is 13.2. The molecule has 8 nitrogen and oxygen atoms in total. The number of amides is 2. The van der Waals surface area contributed by atoms with Crippen molar-refractivity contribution < 1.29 is 37.0 Å². The topological polar surface area (TPSA) is 97.0 Å². The summed E-state index contributed by atoms with van der Waals surface area (Å²) in [5.41, 5.74) is -0.0707. The molecule has 2 N–H and O–H groups in total. The van der Waals surface area contributed by atoms with Crippen molar-refractivity contribution in [3.8, 4) is 0 Å². The monoisotopic (exact) mass is 465 g/mol. The zero-order valence-electron chi connectivity index (χ0n) is 17.7. The Kier molecular flexibility index (Phi) is 7.54. The number of hydrogen-bond donors (Lipinski definition) is 2. The van der Waals surface area contributed by atoms with E-state index in [0.717, 1.165) is 12.1 Å². The summed E-state index contributed by atoms with van der Waals surface area (Å²) in [6.45, 7) is 2.32. The van der Waals surface area contributed by atoms with Gasteiger partial charge in [0.15, 0.2) is 6.61 Å². The molecule has 33 heavy (non-hydrogen) atoms. The Labute approximate surface area is 187 Å². The number of benzene rings is 2. The number of morpholine rings is 1. The van der Waals surface area contributed by atoms with Crippen LogP contribution in [0.15, 0.2) is 42.5 Å². The smallest absolute Gasteiger partial charge is 0.416 e. The molecule has 3 rings (SSSR count). The predicted molar refractivity (Wildman–Crippen MR) is 114 cm³/mol. The summed E-state index contributed by atoms with van der Waals surface area (Å²) in [5.74, 6) is -1.94. The van der Waals surface area contributed by atoms with Crippen LogP contribution in [0.3, 0.4) is 0 Å². The van der Waals surface area contributed by atoms with Gasteiger partial charge in [0.25, 0.3) is 5.91 Å². The van der Waals surface area contributed by atoms with E-state index >= 15 is 0 Å². The maximum Gasteiger partial charge on any atom is 0.416 e. The number of carbonyl (C=O) groups excluding carboxylic acids is 3. The first-order valence-corrected chi connectivity index (χ1v) is 10.0. The van der Waals surface area contributed by atoms with E-state index in [-0.39, 0.29) is 17.2 Å². The number of anilines is 3. The minimum Gasteiger partial charge on any atom is -0.452 e. The van der Waals surface area contributed by atoms with Crippen molar-refractivity contribution in [2.45, 2.75) is 13.1 Å². The van der Waals surface area contributed by atoms with Crippen molar-refractivity contribution in [2.75, 3.05) is 48.4 Å². The minimum atomic E-state index is -4.59. The lowest BCUT2D eigenvalue weighted by atomic mass is 10.1. The van der Waals surface area contributed by atoms with Crippen molar-refractivity contribution in [1.29, 1.82) is 0 Å². The number of nitrogens with zero attached hydrogens (tertiary/aromatic N) is 1. The van der Waals surface area contributed by atoms with Gasteiger partial charge in [-0.3, -0.25) is 9.59 Å². The second-order valence-electron chi connectivity index (χ2n) is 7.22. The molecule has 1 saturated heterocycles. The lowest BCUT2D eigenvalue weighted by molar-refractivity contribution is -0.137. The standard InChI is InChI=1S/C22H22F3N3O5/c1-14(29)26-17-4-2-3-15(11-17)21(31)33-13-20(30)27-18-12-16(22(23,24)25)5-6-19(18)28-7-9-32-10-8-28/h2-6,11-12H,7-10,13H2,1H3,(H,26,29)(H,27,30). The van der Waals surface area contributed by atoms with Gasteiger partial charge in [-0.05, 0) is 36.4 Å². The van der Waals surface area contributed by atoms with E-state index in [4.69, 9.17) is 9.47 Å². The first-order valence-electron chi connectivity index (χ1n) is 10.0. The van der Waals surface area contributed by atoms with Gasteiger partial charge < -0.3 is 25.0 Å². The van der Waals surface area contributed by atoms with Gasteiger partial charge in [0.2, 0.25) is 5.91 Å². The molecule has 2 amide bonds. The van der Waals surface area contributed by atoms with E-state index in [1.165, 1.54) is 31.2 Å². The van der Waals surface area contributed by atoms with Crippen molar-refractivity contribution >= 4 is 34.8 Å². The molecule has 2 aromatic carbocycles. The van der Waals surface area contributed by atoms with E-state index in [9.17, 15) is 27.6 Å². The van der Waals surface area contributed by atoms with Gasteiger partial charge >= 0.3 is 12.1 Å². The van der Waals surface area contributed by atoms with Crippen LogP contribution in [0.5, 0.6) is 0 Å². The molecule has 0 saturated carbocycles. The Morgan fingerprint density at radius 1 is 1.06 bits per heavy atom. The molecule has 0 radical (unpaired) electrons. The predicted octanol–water partition coefficient (Wildman–Crippen LogP) is 3.30. The van der Waals surface area contributed by atoms with Crippen molar-refractivity contribution in [3.05, 3.63) is 53.6 Å². The van der Waals surface area contributed by atoms with Gasteiger partial charge in [-0.2, -0.15) is 13.2 Å². The molecule has 0 unspecified atom stereocenters. The second-order valence-corrected chi connectivity index (χ2v) is 7.22. The molecule has 0 aliphatic carbocycles. The number of halogens is 3. The Morgan fingerprint density at radius 3 is 2.45 bits per heavy atom. The third kappa shape index (κ3) is 6.69. The van der Waals surface area contributed by atoms with E-state index in [0.29, 0.717) is 37.7 Å². The van der Waals surface area contributed by atoms with Crippen molar-refractivity contribution in [1.82, 2.24) is 0 Å². The van der Waals surface area contributed by atoms with Crippen LogP contribution in [0.1, 0.15) is 22.8 Å². The van der Waals surface area contributed by atoms with Crippen LogP contribution in [-0.4, -0.2) is 50.7 Å². The highest BCUT2D eigenvalue weighted by atomic mass is 19.4. The van der Waals surface area contributed by atoms with E-state index in [1.54, 1.807) is 11.0 Å². The molecule has 1 fully saturated rings. The molecule has 2 aromatic rings. The average Bonchev–Trinajstić information content (AvgIpc) is 2.77. The van der Waals surface area contributed by atoms with Gasteiger partial charge in [-0.15, -0.1) is 0 Å². The highest BCUT2D eigenvalue weighted by Crippen LogP contribution is 2.35. The molecule has 176 valence electrons. The Balaban J connectivity index is 1.70. The Morgan fingerprint density at radius 2 is 1.79 bits per heavy atom. The average molecular weight is 465 g/mol. The lowest BCUT2D eigenvalue weighted by Crippen LogP contribution is -2.37. The van der Waals surface area contributed by atoms with E-state index < -0.39 is 30.2 Å². The number of ether oxygens (including phenoxy) is 2. The summed E-state index contributed by atoms with van der Waals surface area (Å²) in [4.78, 5) is 37.6. The first-order chi connectivity index (χ1) is 15.6. The van der Waals surface area contributed by atoms with Crippen LogP contribution in [0.2, 0.25) is 0 Å². The number of esters is 1. The fraction of sp³-hybridized carbons (Fsp3) is 0.318. The number of carbonyl (C=O) groups is 3. The zero-order chi connectivity index (χ0) is 24.0. The molecule has 0 aromatic heterocycles. The number of alkyl halides is 3. The molecule has 0 atom stereocenters. The molecule has 0 spiro atoms. The summed E-state index contributed by atoms with van der Waals surface area (Å²) in [6, 6.07) is 9.01. The SMILES string of the molecule is CC(=O)Nc1cccc(C(=O)OCC(=O)Nc2cc(C(F)(F)F)ccc2N2CCOCC2)c1. The largest absolute Gasteiger partial charge is 0.452 e. The van der Waals surface area contributed by atoms with Crippen LogP contribution < -0.4 is 15.5 Å². The van der Waals surface area contributed by atoms with Gasteiger partial charge in [0.05, 0.1) is 35.7 Å². The Hall–Kier alpha value is -3.60. The van der Waals surface area contributed by atoms with Gasteiger partial charge in [0.1, 0.15) is 0 Å². The molecule has 1 aliphatic rings. The van der Waals surface area contributed by atoms with Crippen LogP contribution in [0.4, 0.5) is 30.2 Å². The highest BCUT2D eigenvalue weighted by molar-refractivity contribution is 5.98. The maximum atomic E-state index is 13.2. The molecule has 11 heteroatoms. The summed E-state index contributed by atoms with van der Waals surface area (Å²) in [6.07, 6.45) is -4.59. The molecule has 1 aliphatic heterocycles.